The lowest BCUT2D eigenvalue weighted by atomic mass is 10.0. The Bertz CT molecular complexity index is 1190. The summed E-state index contributed by atoms with van der Waals surface area (Å²) in [6.07, 6.45) is 4.28. The lowest BCUT2D eigenvalue weighted by molar-refractivity contribution is -0.150. The van der Waals surface area contributed by atoms with Crippen LogP contribution in [0.25, 0.3) is 0 Å². The van der Waals surface area contributed by atoms with Gasteiger partial charge in [-0.1, -0.05) is 11.2 Å². The number of carboxylic acid groups (broad SMARTS) is 1. The van der Waals surface area contributed by atoms with Crippen molar-refractivity contribution < 1.29 is 38.7 Å². The molecule has 1 saturated heterocycles. The number of carbonyl (C=O) groups excluding carboxylic acids is 4. The van der Waals surface area contributed by atoms with Gasteiger partial charge in [0.05, 0.1) is 0 Å². The van der Waals surface area contributed by atoms with E-state index in [2.05, 4.69) is 20.8 Å². The number of nitrogens with zero attached hydrogens (tertiary/aromatic N) is 3. The van der Waals surface area contributed by atoms with E-state index in [1.54, 1.807) is 0 Å². The first-order chi connectivity index (χ1) is 17.3. The third-order valence-electron chi connectivity index (χ3n) is 5.32. The van der Waals surface area contributed by atoms with Crippen LogP contribution in [-0.2, 0) is 28.8 Å². The minimum absolute atomic E-state index is 0.126. The Labute approximate surface area is 211 Å². The Hall–Kier alpha value is -3.92. The molecular weight excluding hydrogens is 516 g/mol. The van der Waals surface area contributed by atoms with Gasteiger partial charge >= 0.3 is 12.1 Å². The molecule has 0 saturated carbocycles. The smallest absolute Gasteiger partial charge is 0.404 e. The number of rotatable bonds is 10. The van der Waals surface area contributed by atoms with Gasteiger partial charge in [0, 0.05) is 16.7 Å². The highest BCUT2D eigenvalue weighted by Gasteiger charge is 2.54. The maximum Gasteiger partial charge on any atom is 0.404 e. The average molecular weight is 537 g/mol. The number of thioether (sulfide) groups is 1. The summed E-state index contributed by atoms with van der Waals surface area (Å²) in [5.41, 5.74) is 4.77. The number of hydrogen-bond donors (Lipinski definition) is 4. The summed E-state index contributed by atoms with van der Waals surface area (Å²) in [6, 6.07) is -1.04. The molecule has 1 aromatic heterocycles. The van der Waals surface area contributed by atoms with Gasteiger partial charge < -0.3 is 31.0 Å². The van der Waals surface area contributed by atoms with E-state index in [-0.39, 0.29) is 46.3 Å². The highest BCUT2D eigenvalue weighted by atomic mass is 32.2. The monoisotopic (exact) mass is 536 g/mol. The molecule has 0 spiro atoms. The second-order valence-corrected chi connectivity index (χ2v) is 9.58. The number of ether oxygens (including phenoxy) is 1. The molecule has 5 N–H and O–H groups in total. The Balaban J connectivity index is 1.52. The van der Waals surface area contributed by atoms with Crippen molar-refractivity contribution in [2.24, 2.45) is 10.9 Å². The summed E-state index contributed by atoms with van der Waals surface area (Å²) in [5, 5.41) is 19.6. The summed E-state index contributed by atoms with van der Waals surface area (Å²) in [7, 11) is 0. The number of anilines is 1. The second kappa shape index (κ2) is 10.8. The number of oxime groups is 1. The lowest BCUT2D eigenvalue weighted by Crippen LogP contribution is -2.71. The van der Waals surface area contributed by atoms with Crippen LogP contribution in [0.2, 0.25) is 0 Å². The molecule has 4 rings (SSSR count). The molecule has 4 amide bonds. The minimum atomic E-state index is -1.38. The van der Waals surface area contributed by atoms with Crippen molar-refractivity contribution >= 4 is 64.2 Å². The number of carbonyl (C=O) groups is 5. The number of amides is 4. The van der Waals surface area contributed by atoms with Crippen molar-refractivity contribution in [3.63, 3.8) is 0 Å². The summed E-state index contributed by atoms with van der Waals surface area (Å²) in [6.45, 7) is -0.373. The molecule has 1 fully saturated rings. The van der Waals surface area contributed by atoms with Crippen LogP contribution in [0.3, 0.4) is 0 Å². The number of nitrogens with one attached hydrogen (secondary N) is 2. The Morgan fingerprint density at radius 1 is 1.39 bits per heavy atom. The van der Waals surface area contributed by atoms with Crippen molar-refractivity contribution in [2.75, 3.05) is 17.7 Å². The number of allylic oxidation sites excluding steroid dienone is 1. The zero-order chi connectivity index (χ0) is 25.8. The molecule has 3 aliphatic rings. The van der Waals surface area contributed by atoms with Gasteiger partial charge in [0.2, 0.25) is 6.41 Å². The van der Waals surface area contributed by atoms with Crippen LogP contribution in [-0.4, -0.2) is 80.9 Å². The fourth-order valence-corrected chi connectivity index (χ4v) is 5.66. The maximum atomic E-state index is 13.2. The SMILES string of the molecule is NC(=O)OCC1=C(C(=O)O)N2C(=O)C(NC(=O)C(=NOC3C=CCC3)c3csc(NC=O)n3)[C@@H]2SC1. The number of β-lactam (4-membered cyclic amide) rings is 1. The van der Waals surface area contributed by atoms with Crippen LogP contribution >= 0.6 is 23.1 Å². The van der Waals surface area contributed by atoms with Crippen molar-refractivity contribution in [3.05, 3.63) is 34.5 Å². The summed E-state index contributed by atoms with van der Waals surface area (Å²) < 4.78 is 4.69. The zero-order valence-electron chi connectivity index (χ0n) is 18.4. The van der Waals surface area contributed by atoms with E-state index >= 15 is 0 Å². The van der Waals surface area contributed by atoms with Crippen molar-refractivity contribution in [3.8, 4) is 0 Å². The molecule has 36 heavy (non-hydrogen) atoms. The quantitative estimate of drug-likeness (QED) is 0.103. The van der Waals surface area contributed by atoms with Crippen LogP contribution in [0.1, 0.15) is 18.5 Å². The molecule has 3 atom stereocenters. The first-order valence-electron chi connectivity index (χ1n) is 10.5. The molecular formula is C20H20N6O8S2. The van der Waals surface area contributed by atoms with Crippen molar-refractivity contribution in [1.29, 1.82) is 0 Å². The van der Waals surface area contributed by atoms with Gasteiger partial charge in [0.25, 0.3) is 11.8 Å². The predicted octanol–water partition coefficient (Wildman–Crippen LogP) is -0.0154. The highest BCUT2D eigenvalue weighted by Crippen LogP contribution is 2.40. The summed E-state index contributed by atoms with van der Waals surface area (Å²) >= 11 is 2.26. The molecule has 190 valence electrons. The van der Waals surface area contributed by atoms with Gasteiger partial charge in [-0.25, -0.2) is 14.6 Å². The molecule has 3 heterocycles. The van der Waals surface area contributed by atoms with E-state index in [4.69, 9.17) is 15.3 Å². The van der Waals surface area contributed by atoms with E-state index in [0.29, 0.717) is 12.8 Å². The minimum Gasteiger partial charge on any atom is -0.477 e. The van der Waals surface area contributed by atoms with E-state index in [1.165, 1.54) is 17.1 Å². The number of nitrogens with two attached hydrogens (primary N) is 1. The Morgan fingerprint density at radius 3 is 2.86 bits per heavy atom. The number of fused-ring (bicyclic) bond motifs is 1. The van der Waals surface area contributed by atoms with E-state index in [9.17, 15) is 29.1 Å². The van der Waals surface area contributed by atoms with Crippen molar-refractivity contribution in [2.45, 2.75) is 30.4 Å². The molecule has 0 radical (unpaired) electrons. The summed E-state index contributed by atoms with van der Waals surface area (Å²) in [4.78, 5) is 70.1. The van der Waals surface area contributed by atoms with Crippen LogP contribution < -0.4 is 16.4 Å². The fraction of sp³-hybridized carbons (Fsp3) is 0.350. The normalized spacial score (nSPS) is 23.0. The molecule has 0 aromatic carbocycles. The fourth-order valence-electron chi connectivity index (χ4n) is 3.68. The van der Waals surface area contributed by atoms with Gasteiger partial charge in [-0.3, -0.25) is 19.3 Å². The lowest BCUT2D eigenvalue weighted by Gasteiger charge is -2.49. The van der Waals surface area contributed by atoms with Gasteiger partial charge in [0.15, 0.2) is 10.8 Å². The number of aliphatic carboxylic acids is 1. The number of primary amides is 1. The van der Waals surface area contributed by atoms with Crippen LogP contribution in [0.5, 0.6) is 0 Å². The topological polar surface area (TPSA) is 203 Å². The van der Waals surface area contributed by atoms with Crippen LogP contribution in [0.4, 0.5) is 9.93 Å². The molecule has 14 nitrogen and oxygen atoms in total. The van der Waals surface area contributed by atoms with Crippen LogP contribution in [0, 0.1) is 0 Å². The molecule has 2 aliphatic heterocycles. The van der Waals surface area contributed by atoms with Crippen LogP contribution in [0.15, 0.2) is 34.0 Å². The number of aromatic nitrogens is 1. The van der Waals surface area contributed by atoms with Gasteiger partial charge in [-0.2, -0.15) is 0 Å². The highest BCUT2D eigenvalue weighted by molar-refractivity contribution is 8.00. The Morgan fingerprint density at radius 2 is 2.19 bits per heavy atom. The van der Waals surface area contributed by atoms with E-state index in [1.807, 2.05) is 12.2 Å². The Kier molecular flexibility index (Phi) is 7.54. The average Bonchev–Trinajstić information content (AvgIpc) is 3.53. The number of carboxylic acids is 1. The first kappa shape index (κ1) is 25.2. The molecule has 1 aliphatic carbocycles. The summed E-state index contributed by atoms with van der Waals surface area (Å²) in [5.74, 6) is -2.66. The molecule has 1 aromatic rings. The number of thiazole rings is 1. The van der Waals surface area contributed by atoms with Gasteiger partial charge in [-0.15, -0.1) is 23.1 Å². The third kappa shape index (κ3) is 5.18. The third-order valence-corrected chi connectivity index (χ3v) is 7.43. The van der Waals surface area contributed by atoms with Crippen molar-refractivity contribution in [1.82, 2.24) is 15.2 Å². The molecule has 16 heteroatoms. The zero-order valence-corrected chi connectivity index (χ0v) is 20.0. The number of hydrogen-bond acceptors (Lipinski definition) is 11. The van der Waals surface area contributed by atoms with Gasteiger partial charge in [-0.05, 0) is 18.9 Å². The van der Waals surface area contributed by atoms with E-state index in [0.717, 1.165) is 22.7 Å². The largest absolute Gasteiger partial charge is 0.477 e. The predicted molar refractivity (Wildman–Crippen MR) is 127 cm³/mol. The standard InChI is InChI=1S/C20H20N6O8S2/c21-19(32)33-5-9-6-35-17-13(16(29)26(17)14(9)18(30)31)24-15(28)12(25-34-10-3-1-2-4-10)11-7-36-20(23-11)22-8-27/h1,3,7-8,10,13,17H,2,4-6H2,(H2,21,32)(H,24,28)(H,30,31)(H,22,23,27)/t10?,13?,17-/m0/s1. The van der Waals surface area contributed by atoms with Gasteiger partial charge in [0.1, 0.15) is 35.5 Å². The maximum absolute atomic E-state index is 13.2. The van der Waals surface area contributed by atoms with E-state index < -0.39 is 35.3 Å². The first-order valence-corrected chi connectivity index (χ1v) is 12.4. The molecule has 2 unspecified atom stereocenters. The second-order valence-electron chi connectivity index (χ2n) is 7.62. The molecule has 0 bridgehead atoms.